The van der Waals surface area contributed by atoms with Crippen molar-refractivity contribution >= 4 is 39.4 Å². The van der Waals surface area contributed by atoms with Crippen LogP contribution in [0.3, 0.4) is 0 Å². The SMILES string of the molecule is [2H]C([2H])(C)CC[C@H](NC(=O)[C@@H]1[C@@H]2[C@H](CN1C(=O)[C@@H](NC(=O)NC1(CS(=O)(=O)C(C)(C)C)CCCCC1)C(C)(C)C)C2(C)C)C(=O)C(=O)NC1CC1. The van der Waals surface area contributed by atoms with Crippen molar-refractivity contribution in [3.63, 3.8) is 0 Å². The molecule has 0 unspecified atom stereocenters. The number of sulfone groups is 1. The summed E-state index contributed by atoms with van der Waals surface area (Å²) >= 11 is 0. The van der Waals surface area contributed by atoms with Crippen LogP contribution in [0.2, 0.25) is 0 Å². The second-order valence-electron chi connectivity index (χ2n) is 17.6. The van der Waals surface area contributed by atoms with Crippen molar-refractivity contribution in [2.75, 3.05) is 12.3 Å². The first-order valence-corrected chi connectivity index (χ1v) is 19.6. The Morgan fingerprint density at radius 3 is 2.10 bits per heavy atom. The number of hydrogen-bond acceptors (Lipinski definition) is 7. The van der Waals surface area contributed by atoms with E-state index in [2.05, 4.69) is 21.3 Å². The first kappa shape index (κ1) is 36.1. The number of amides is 5. The monoisotopic (exact) mass is 709 g/mol. The van der Waals surface area contributed by atoms with Crippen LogP contribution in [-0.4, -0.2) is 89.6 Å². The summed E-state index contributed by atoms with van der Waals surface area (Å²) in [7, 11) is -3.59. The molecule has 5 atom stereocenters. The summed E-state index contributed by atoms with van der Waals surface area (Å²) in [6, 6.07) is -4.07. The number of piperidine rings is 1. The van der Waals surface area contributed by atoms with Crippen LogP contribution < -0.4 is 21.3 Å². The molecule has 49 heavy (non-hydrogen) atoms. The summed E-state index contributed by atoms with van der Waals surface area (Å²) in [5, 5.41) is 11.2. The average Bonchev–Trinajstić information content (AvgIpc) is 3.83. The molecule has 4 N–H and O–H groups in total. The Kier molecular flexibility index (Phi) is 10.4. The van der Waals surface area contributed by atoms with Crippen molar-refractivity contribution in [3.8, 4) is 0 Å². The van der Waals surface area contributed by atoms with Crippen LogP contribution in [-0.2, 0) is 29.0 Å². The van der Waals surface area contributed by atoms with Crippen LogP contribution in [0, 0.1) is 22.7 Å². The quantitative estimate of drug-likeness (QED) is 0.212. The molecular weight excluding hydrogens is 646 g/mol. The van der Waals surface area contributed by atoms with Gasteiger partial charge in [0.05, 0.1) is 22.1 Å². The third-order valence-electron chi connectivity index (χ3n) is 11.2. The van der Waals surface area contributed by atoms with Crippen LogP contribution in [0.25, 0.3) is 0 Å². The third-order valence-corrected chi connectivity index (χ3v) is 14.0. The minimum atomic E-state index is -3.59. The molecule has 4 rings (SSSR count). The maximum absolute atomic E-state index is 14.5. The third kappa shape index (κ3) is 8.79. The predicted octanol–water partition coefficient (Wildman–Crippen LogP) is 3.62. The van der Waals surface area contributed by atoms with E-state index in [1.54, 1.807) is 41.5 Å². The summed E-state index contributed by atoms with van der Waals surface area (Å²) in [6.45, 7) is 16.0. The number of carbonyl (C=O) groups excluding carboxylic acids is 5. The molecule has 0 aromatic carbocycles. The summed E-state index contributed by atoms with van der Waals surface area (Å²) in [5.74, 6) is -3.18. The Labute approximate surface area is 296 Å². The average molecular weight is 710 g/mol. The number of likely N-dealkylation sites (tertiary alicyclic amines) is 1. The lowest BCUT2D eigenvalue weighted by molar-refractivity contribution is -0.145. The van der Waals surface area contributed by atoms with Crippen molar-refractivity contribution < 1.29 is 35.1 Å². The Hall–Kier alpha value is -2.70. The minimum Gasteiger partial charge on any atom is -0.347 e. The fraction of sp³-hybridized carbons (Fsp3) is 0.861. The van der Waals surface area contributed by atoms with Crippen molar-refractivity contribution in [3.05, 3.63) is 0 Å². The number of urea groups is 1. The summed E-state index contributed by atoms with van der Waals surface area (Å²) in [4.78, 5) is 69.9. The summed E-state index contributed by atoms with van der Waals surface area (Å²) in [6.07, 6.45) is 3.17. The number of carbonyl (C=O) groups is 5. The molecule has 278 valence electrons. The number of hydrogen-bond donors (Lipinski definition) is 4. The van der Waals surface area contributed by atoms with E-state index in [0.717, 1.165) is 32.1 Å². The zero-order valence-electron chi connectivity index (χ0n) is 33.0. The molecule has 12 nitrogen and oxygen atoms in total. The van der Waals surface area contributed by atoms with E-state index in [4.69, 9.17) is 2.74 Å². The fourth-order valence-corrected chi connectivity index (χ4v) is 9.13. The van der Waals surface area contributed by atoms with Gasteiger partial charge in [-0.1, -0.05) is 73.6 Å². The van der Waals surface area contributed by atoms with Gasteiger partial charge in [0.1, 0.15) is 12.1 Å². The van der Waals surface area contributed by atoms with Crippen LogP contribution >= 0.6 is 0 Å². The maximum atomic E-state index is 14.5. The standard InChI is InChI=1S/C36H61N5O7S/c1-10-11-15-24(27(42)30(44)37-22-16-17-22)38-29(43)26-25-23(35(25,8)9)20-41(26)31(45)28(33(2,3)4)39-32(46)40-36(18-13-12-14-19-36)21-49(47,48)34(5,6)7/h22-26,28H,10-21H2,1-9H3,(H,37,44)(H,38,43)(H2,39,40,46)/t23-,24-,25-,26-,28+/m0/s1/i10D2. The van der Waals surface area contributed by atoms with E-state index >= 15 is 0 Å². The Bertz CT molecular complexity index is 1490. The molecule has 0 spiro atoms. The first-order chi connectivity index (χ1) is 23.2. The second-order valence-corrected chi connectivity index (χ2v) is 20.3. The van der Waals surface area contributed by atoms with E-state index in [1.807, 2.05) is 13.8 Å². The lowest BCUT2D eigenvalue weighted by Crippen LogP contribution is -2.64. The molecule has 4 fully saturated rings. The van der Waals surface area contributed by atoms with E-state index in [9.17, 15) is 32.4 Å². The molecule has 3 saturated carbocycles. The molecular formula is C36H61N5O7S. The highest BCUT2D eigenvalue weighted by atomic mass is 32.2. The van der Waals surface area contributed by atoms with Gasteiger partial charge in [0.25, 0.3) is 5.91 Å². The van der Waals surface area contributed by atoms with Crippen LogP contribution in [0.15, 0.2) is 0 Å². The molecule has 1 saturated heterocycles. The van der Waals surface area contributed by atoms with Crippen LogP contribution in [0.1, 0.15) is 129 Å². The number of Topliss-reactive ketones (excluding diaryl/α,β-unsaturated/α-hetero) is 1. The largest absolute Gasteiger partial charge is 0.347 e. The Morgan fingerprint density at radius 2 is 1.57 bits per heavy atom. The van der Waals surface area contributed by atoms with E-state index in [0.29, 0.717) is 12.8 Å². The molecule has 0 aromatic rings. The summed E-state index contributed by atoms with van der Waals surface area (Å²) < 4.78 is 41.6. The molecule has 0 radical (unpaired) electrons. The molecule has 5 amide bonds. The van der Waals surface area contributed by atoms with Crippen LogP contribution in [0.4, 0.5) is 4.79 Å². The topological polar surface area (TPSA) is 171 Å². The highest BCUT2D eigenvalue weighted by Gasteiger charge is 2.70. The smallest absolute Gasteiger partial charge is 0.315 e. The predicted molar refractivity (Wildman–Crippen MR) is 188 cm³/mol. The van der Waals surface area contributed by atoms with Gasteiger partial charge in [-0.15, -0.1) is 0 Å². The molecule has 13 heteroatoms. The van der Waals surface area contributed by atoms with Crippen molar-refractivity contribution in [2.24, 2.45) is 22.7 Å². The zero-order valence-corrected chi connectivity index (χ0v) is 31.8. The highest BCUT2D eigenvalue weighted by molar-refractivity contribution is 7.92. The molecule has 0 aromatic heterocycles. The van der Waals surface area contributed by atoms with Crippen LogP contribution in [0.5, 0.6) is 0 Å². The van der Waals surface area contributed by atoms with E-state index < -0.39 is 79.6 Å². The maximum Gasteiger partial charge on any atom is 0.315 e. The number of ketones is 1. The summed E-state index contributed by atoms with van der Waals surface area (Å²) in [5.41, 5.74) is -2.05. The molecule has 1 heterocycles. The van der Waals surface area contributed by atoms with Gasteiger partial charge in [0.15, 0.2) is 9.84 Å². The van der Waals surface area contributed by atoms with Gasteiger partial charge in [-0.05, 0) is 75.5 Å². The fourth-order valence-electron chi connectivity index (χ4n) is 7.61. The minimum absolute atomic E-state index is 0.00292. The van der Waals surface area contributed by atoms with E-state index in [-0.39, 0.29) is 48.4 Å². The second kappa shape index (κ2) is 14.1. The first-order valence-electron chi connectivity index (χ1n) is 19.0. The van der Waals surface area contributed by atoms with Gasteiger partial charge in [-0.25, -0.2) is 13.2 Å². The Balaban J connectivity index is 1.56. The van der Waals surface area contributed by atoms with Crippen molar-refractivity contribution in [2.45, 2.75) is 161 Å². The Morgan fingerprint density at radius 1 is 0.959 bits per heavy atom. The lowest BCUT2D eigenvalue weighted by atomic mass is 9.83. The lowest BCUT2D eigenvalue weighted by Gasteiger charge is -2.41. The number of rotatable bonds is 13. The zero-order chi connectivity index (χ0) is 38.5. The van der Waals surface area contributed by atoms with E-state index in [1.165, 1.54) is 11.8 Å². The number of nitrogens with zero attached hydrogens (tertiary/aromatic N) is 1. The van der Waals surface area contributed by atoms with Gasteiger partial charge in [0.2, 0.25) is 17.6 Å². The van der Waals surface area contributed by atoms with Gasteiger partial charge >= 0.3 is 6.03 Å². The van der Waals surface area contributed by atoms with Gasteiger partial charge in [-0.3, -0.25) is 19.2 Å². The number of fused-ring (bicyclic) bond motifs is 1. The molecule has 3 aliphatic carbocycles. The molecule has 4 aliphatic rings. The van der Waals surface area contributed by atoms with Gasteiger partial charge in [0, 0.05) is 15.3 Å². The molecule has 1 aliphatic heterocycles. The van der Waals surface area contributed by atoms with Gasteiger partial charge < -0.3 is 26.2 Å². The number of nitrogens with one attached hydrogen (secondary N) is 4. The van der Waals surface area contributed by atoms with Crippen molar-refractivity contribution in [1.82, 2.24) is 26.2 Å². The van der Waals surface area contributed by atoms with Gasteiger partial charge in [-0.2, -0.15) is 0 Å². The van der Waals surface area contributed by atoms with Crippen molar-refractivity contribution in [1.29, 1.82) is 0 Å². The normalized spacial score (nSPS) is 26.6. The highest BCUT2D eigenvalue weighted by Crippen LogP contribution is 2.65. The molecule has 0 bridgehead atoms.